The zero-order valence-corrected chi connectivity index (χ0v) is 12.6. The van der Waals surface area contributed by atoms with Gasteiger partial charge in [0.2, 0.25) is 0 Å². The first-order chi connectivity index (χ1) is 11.7. The van der Waals surface area contributed by atoms with E-state index in [4.69, 9.17) is 10.00 Å². The van der Waals surface area contributed by atoms with Gasteiger partial charge >= 0.3 is 0 Å². The Morgan fingerprint density at radius 2 is 1.67 bits per heavy atom. The molecule has 3 aromatic rings. The summed E-state index contributed by atoms with van der Waals surface area (Å²) in [6.07, 6.45) is 1.38. The summed E-state index contributed by atoms with van der Waals surface area (Å²) < 4.78 is 5.70. The topological polar surface area (TPSA) is 75.0 Å². The molecular weight excluding hydrogens is 302 g/mol. The van der Waals surface area contributed by atoms with Crippen molar-refractivity contribution in [3.05, 3.63) is 84.2 Å². The van der Waals surface area contributed by atoms with E-state index in [-0.39, 0.29) is 11.6 Å². The second-order valence-corrected chi connectivity index (χ2v) is 4.94. The molecule has 0 saturated carbocycles. The molecule has 0 aliphatic carbocycles. The van der Waals surface area contributed by atoms with Crippen LogP contribution in [0.3, 0.4) is 0 Å². The molecule has 5 nitrogen and oxygen atoms in total. The Morgan fingerprint density at radius 3 is 2.29 bits per heavy atom. The summed E-state index contributed by atoms with van der Waals surface area (Å²) in [6.45, 7) is 0. The van der Waals surface area contributed by atoms with Gasteiger partial charge in [0.05, 0.1) is 5.56 Å². The van der Waals surface area contributed by atoms with E-state index in [1.807, 2.05) is 36.4 Å². The number of para-hydroxylation sites is 1. The average Bonchev–Trinajstić information content (AvgIpc) is 2.64. The summed E-state index contributed by atoms with van der Waals surface area (Å²) in [5, 5.41) is 11.5. The van der Waals surface area contributed by atoms with Crippen molar-refractivity contribution in [3.8, 4) is 17.6 Å². The summed E-state index contributed by atoms with van der Waals surface area (Å²) in [5.41, 5.74) is 1.30. The normalized spacial score (nSPS) is 9.79. The second kappa shape index (κ2) is 7.07. The van der Waals surface area contributed by atoms with Gasteiger partial charge in [0.25, 0.3) is 5.91 Å². The number of hydrogen-bond acceptors (Lipinski definition) is 4. The van der Waals surface area contributed by atoms with Crippen LogP contribution in [0.25, 0.3) is 0 Å². The van der Waals surface area contributed by atoms with Crippen LogP contribution in [0.1, 0.15) is 16.1 Å². The number of aromatic nitrogens is 1. The molecule has 0 saturated heterocycles. The molecule has 1 amide bonds. The maximum absolute atomic E-state index is 12.1. The first-order valence-corrected chi connectivity index (χ1v) is 7.25. The Hall–Kier alpha value is -3.65. The molecule has 0 spiro atoms. The van der Waals surface area contributed by atoms with Crippen LogP contribution in [0.2, 0.25) is 0 Å². The lowest BCUT2D eigenvalue weighted by atomic mass is 10.2. The number of rotatable bonds is 4. The minimum atomic E-state index is -0.288. The molecule has 2 aromatic carbocycles. The third-order valence-corrected chi connectivity index (χ3v) is 3.23. The summed E-state index contributed by atoms with van der Waals surface area (Å²) in [5.74, 6) is 1.14. The van der Waals surface area contributed by atoms with E-state index in [0.717, 1.165) is 5.75 Å². The lowest BCUT2D eigenvalue weighted by molar-refractivity contribution is 0.102. The number of ether oxygens (including phenoxy) is 1. The van der Waals surface area contributed by atoms with Gasteiger partial charge in [-0.1, -0.05) is 18.2 Å². The SMILES string of the molecule is N#Cc1ccc(C(=O)Nc2ccc(Oc3ccccc3)cc2)cn1. The maximum Gasteiger partial charge on any atom is 0.257 e. The molecule has 116 valence electrons. The van der Waals surface area contributed by atoms with Gasteiger partial charge in [-0.25, -0.2) is 4.98 Å². The molecule has 5 heteroatoms. The Labute approximate surface area is 139 Å². The number of hydrogen-bond donors (Lipinski definition) is 1. The number of nitrogens with one attached hydrogen (secondary N) is 1. The maximum atomic E-state index is 12.1. The Morgan fingerprint density at radius 1 is 0.958 bits per heavy atom. The molecule has 1 aromatic heterocycles. The lowest BCUT2D eigenvalue weighted by Crippen LogP contribution is -2.12. The van der Waals surface area contributed by atoms with Gasteiger partial charge in [-0.3, -0.25) is 4.79 Å². The van der Waals surface area contributed by atoms with Gasteiger partial charge < -0.3 is 10.1 Å². The van der Waals surface area contributed by atoms with E-state index < -0.39 is 0 Å². The molecule has 3 rings (SSSR count). The van der Waals surface area contributed by atoms with E-state index in [1.54, 1.807) is 30.3 Å². The number of anilines is 1. The second-order valence-electron chi connectivity index (χ2n) is 4.94. The number of nitrogens with zero attached hydrogens (tertiary/aromatic N) is 2. The summed E-state index contributed by atoms with van der Waals surface area (Å²) in [4.78, 5) is 16.0. The zero-order chi connectivity index (χ0) is 16.8. The van der Waals surface area contributed by atoms with E-state index in [9.17, 15) is 4.79 Å². The average molecular weight is 315 g/mol. The van der Waals surface area contributed by atoms with Crippen LogP contribution in [0.4, 0.5) is 5.69 Å². The summed E-state index contributed by atoms with van der Waals surface area (Å²) in [6, 6.07) is 21.5. The van der Waals surface area contributed by atoms with Crippen LogP contribution in [0, 0.1) is 11.3 Å². The van der Waals surface area contributed by atoms with Crippen LogP contribution in [0.5, 0.6) is 11.5 Å². The fourth-order valence-electron chi connectivity index (χ4n) is 2.03. The highest BCUT2D eigenvalue weighted by Gasteiger charge is 2.07. The van der Waals surface area contributed by atoms with Crippen molar-refractivity contribution in [3.63, 3.8) is 0 Å². The third kappa shape index (κ3) is 3.76. The molecule has 0 bridgehead atoms. The van der Waals surface area contributed by atoms with E-state index in [1.165, 1.54) is 12.3 Å². The molecule has 0 aliphatic rings. The molecule has 1 heterocycles. The first-order valence-electron chi connectivity index (χ1n) is 7.25. The Bertz CT molecular complexity index is 867. The van der Waals surface area contributed by atoms with Crippen molar-refractivity contribution in [2.45, 2.75) is 0 Å². The highest BCUT2D eigenvalue weighted by molar-refractivity contribution is 6.04. The predicted molar refractivity (Wildman–Crippen MR) is 89.9 cm³/mol. The lowest BCUT2D eigenvalue weighted by Gasteiger charge is -2.08. The predicted octanol–water partition coefficient (Wildman–Crippen LogP) is 4.00. The fraction of sp³-hybridized carbons (Fsp3) is 0. The minimum Gasteiger partial charge on any atom is -0.457 e. The van der Waals surface area contributed by atoms with Gasteiger partial charge in [0, 0.05) is 11.9 Å². The number of carbonyl (C=O) groups is 1. The molecule has 0 fully saturated rings. The van der Waals surface area contributed by atoms with E-state index in [2.05, 4.69) is 10.3 Å². The molecule has 24 heavy (non-hydrogen) atoms. The molecule has 0 unspecified atom stereocenters. The van der Waals surface area contributed by atoms with Gasteiger partial charge in [0.1, 0.15) is 23.3 Å². The van der Waals surface area contributed by atoms with Crippen LogP contribution < -0.4 is 10.1 Å². The van der Waals surface area contributed by atoms with Crippen LogP contribution in [0.15, 0.2) is 72.9 Å². The van der Waals surface area contributed by atoms with E-state index >= 15 is 0 Å². The Balaban J connectivity index is 1.65. The first kappa shape index (κ1) is 15.3. The van der Waals surface area contributed by atoms with Gasteiger partial charge in [-0.05, 0) is 48.5 Å². The third-order valence-electron chi connectivity index (χ3n) is 3.23. The molecule has 0 atom stereocenters. The zero-order valence-electron chi connectivity index (χ0n) is 12.6. The number of nitriles is 1. The van der Waals surface area contributed by atoms with E-state index in [0.29, 0.717) is 17.0 Å². The quantitative estimate of drug-likeness (QED) is 0.789. The minimum absolute atomic E-state index is 0.272. The van der Waals surface area contributed by atoms with Crippen molar-refractivity contribution in [2.75, 3.05) is 5.32 Å². The number of benzene rings is 2. The smallest absolute Gasteiger partial charge is 0.257 e. The van der Waals surface area contributed by atoms with Crippen LogP contribution in [-0.2, 0) is 0 Å². The fourth-order valence-corrected chi connectivity index (χ4v) is 2.03. The van der Waals surface area contributed by atoms with Gasteiger partial charge in [-0.2, -0.15) is 5.26 Å². The molecule has 1 N–H and O–H groups in total. The van der Waals surface area contributed by atoms with Crippen molar-refractivity contribution in [2.24, 2.45) is 0 Å². The number of amides is 1. The van der Waals surface area contributed by atoms with Crippen molar-refractivity contribution in [1.82, 2.24) is 4.98 Å². The molecule has 0 aliphatic heterocycles. The monoisotopic (exact) mass is 315 g/mol. The van der Waals surface area contributed by atoms with Crippen molar-refractivity contribution < 1.29 is 9.53 Å². The van der Waals surface area contributed by atoms with Crippen molar-refractivity contribution >= 4 is 11.6 Å². The summed E-state index contributed by atoms with van der Waals surface area (Å²) >= 11 is 0. The van der Waals surface area contributed by atoms with Crippen LogP contribution in [-0.4, -0.2) is 10.9 Å². The van der Waals surface area contributed by atoms with Gasteiger partial charge in [-0.15, -0.1) is 0 Å². The molecule has 0 radical (unpaired) electrons. The van der Waals surface area contributed by atoms with Crippen molar-refractivity contribution in [1.29, 1.82) is 5.26 Å². The largest absolute Gasteiger partial charge is 0.457 e. The summed E-state index contributed by atoms with van der Waals surface area (Å²) in [7, 11) is 0. The van der Waals surface area contributed by atoms with Gasteiger partial charge in [0.15, 0.2) is 0 Å². The number of carbonyl (C=O) groups excluding carboxylic acids is 1. The van der Waals surface area contributed by atoms with Crippen LogP contribution >= 0.6 is 0 Å². The highest BCUT2D eigenvalue weighted by Crippen LogP contribution is 2.22. The number of pyridine rings is 1. The standard InChI is InChI=1S/C19H13N3O2/c20-12-16-7-6-14(13-21-16)19(23)22-15-8-10-18(11-9-15)24-17-4-2-1-3-5-17/h1-11,13H,(H,22,23). The Kier molecular flexibility index (Phi) is 4.50. The molecular formula is C19H13N3O2. The highest BCUT2D eigenvalue weighted by atomic mass is 16.5.